The molecule has 0 saturated carbocycles. The summed E-state index contributed by atoms with van der Waals surface area (Å²) < 4.78 is 16.1. The normalized spacial score (nSPS) is 13.5. The van der Waals surface area contributed by atoms with Crippen LogP contribution < -0.4 is 5.32 Å². The van der Waals surface area contributed by atoms with Gasteiger partial charge in [0.1, 0.15) is 0 Å². The zero-order chi connectivity index (χ0) is 10.1. The summed E-state index contributed by atoms with van der Waals surface area (Å²) in [5.74, 6) is 1.45. The fraction of sp³-hybridized carbons (Fsp3) is 1.00. The second kappa shape index (κ2) is 8.66. The molecule has 1 atom stereocenters. The lowest BCUT2D eigenvalue weighted by molar-refractivity contribution is 0.218. The van der Waals surface area contributed by atoms with E-state index < -0.39 is 10.8 Å². The van der Waals surface area contributed by atoms with Gasteiger partial charge >= 0.3 is 0 Å². The molecular weight excluding hydrogens is 186 g/mol. The minimum Gasteiger partial charge on any atom is -0.384 e. The molecule has 0 aromatic heterocycles. The molecule has 0 heterocycles. The Labute approximate surface area is 83.7 Å². The van der Waals surface area contributed by atoms with E-state index in [-0.39, 0.29) is 0 Å². The van der Waals surface area contributed by atoms with Gasteiger partial charge < -0.3 is 10.1 Å². The Balaban J connectivity index is 3.17. The molecule has 0 aliphatic heterocycles. The monoisotopic (exact) mass is 207 g/mol. The molecule has 0 fully saturated rings. The first-order valence-corrected chi connectivity index (χ1v) is 6.23. The number of rotatable bonds is 8. The lowest BCUT2D eigenvalue weighted by Gasteiger charge is -2.07. The maximum atomic E-state index is 11.2. The predicted octanol–water partition coefficient (Wildman–Crippen LogP) is 0.770. The summed E-state index contributed by atoms with van der Waals surface area (Å²) in [6, 6.07) is 0.521. The molecule has 13 heavy (non-hydrogen) atoms. The van der Waals surface area contributed by atoms with E-state index in [4.69, 9.17) is 4.74 Å². The summed E-state index contributed by atoms with van der Waals surface area (Å²) in [7, 11) is 0.937. The molecule has 80 valence electrons. The molecule has 0 rings (SSSR count). The Kier molecular flexibility index (Phi) is 8.71. The van der Waals surface area contributed by atoms with Crippen LogP contribution in [0.25, 0.3) is 0 Å². The van der Waals surface area contributed by atoms with Crippen molar-refractivity contribution in [2.75, 3.05) is 31.8 Å². The van der Waals surface area contributed by atoms with Crippen molar-refractivity contribution in [3.63, 3.8) is 0 Å². The van der Waals surface area contributed by atoms with Gasteiger partial charge in [0.15, 0.2) is 0 Å². The van der Waals surface area contributed by atoms with Crippen LogP contribution >= 0.6 is 0 Å². The van der Waals surface area contributed by atoms with E-state index in [0.29, 0.717) is 18.4 Å². The summed E-state index contributed by atoms with van der Waals surface area (Å²) in [5.41, 5.74) is 0. The van der Waals surface area contributed by atoms with Crippen molar-refractivity contribution in [2.24, 2.45) is 0 Å². The molecule has 0 aliphatic carbocycles. The average molecular weight is 207 g/mol. The first-order valence-electron chi connectivity index (χ1n) is 4.74. The molecule has 1 unspecified atom stereocenters. The Morgan fingerprint density at radius 2 is 2.08 bits per heavy atom. The second-order valence-electron chi connectivity index (χ2n) is 3.30. The molecule has 0 radical (unpaired) electrons. The highest BCUT2D eigenvalue weighted by molar-refractivity contribution is 7.84. The highest BCUT2D eigenvalue weighted by Gasteiger charge is 1.99. The molecule has 1 N–H and O–H groups in total. The van der Waals surface area contributed by atoms with E-state index in [1.54, 1.807) is 7.11 Å². The smallest absolute Gasteiger partial charge is 0.0577 e. The summed E-state index contributed by atoms with van der Waals surface area (Å²) in [6.07, 6.45) is 0.981. The lowest BCUT2D eigenvalue weighted by Crippen LogP contribution is -2.25. The van der Waals surface area contributed by atoms with Gasteiger partial charge in [-0.15, -0.1) is 0 Å². The number of methoxy groups -OCH3 is 1. The van der Waals surface area contributed by atoms with Gasteiger partial charge in [0.2, 0.25) is 0 Å². The van der Waals surface area contributed by atoms with E-state index in [1.807, 2.05) is 0 Å². The third-order valence-electron chi connectivity index (χ3n) is 1.62. The van der Waals surface area contributed by atoms with E-state index in [9.17, 15) is 4.21 Å². The minimum absolute atomic E-state index is 0.521. The topological polar surface area (TPSA) is 38.3 Å². The fourth-order valence-corrected chi connectivity index (χ4v) is 1.93. The molecule has 0 saturated heterocycles. The van der Waals surface area contributed by atoms with Crippen molar-refractivity contribution in [1.82, 2.24) is 5.32 Å². The summed E-state index contributed by atoms with van der Waals surface area (Å²) in [6.45, 7) is 5.78. The van der Waals surface area contributed by atoms with Crippen molar-refractivity contribution in [2.45, 2.75) is 26.3 Å². The number of hydrogen-bond acceptors (Lipinski definition) is 3. The standard InChI is InChI=1S/C9H21NO2S/c1-9(2)10-5-4-7-13(11)8-6-12-3/h9-10H,4-8H2,1-3H3. The van der Waals surface area contributed by atoms with Crippen LogP contribution in [0.2, 0.25) is 0 Å². The number of hydrogen-bond donors (Lipinski definition) is 1. The molecule has 0 aromatic rings. The average Bonchev–Trinajstić information content (AvgIpc) is 2.08. The summed E-state index contributed by atoms with van der Waals surface area (Å²) in [5, 5.41) is 3.29. The van der Waals surface area contributed by atoms with Crippen molar-refractivity contribution in [3.8, 4) is 0 Å². The van der Waals surface area contributed by atoms with Gasteiger partial charge in [-0.25, -0.2) is 0 Å². The zero-order valence-electron chi connectivity index (χ0n) is 8.84. The molecule has 4 heteroatoms. The maximum Gasteiger partial charge on any atom is 0.0577 e. The summed E-state index contributed by atoms with van der Waals surface area (Å²) in [4.78, 5) is 0. The van der Waals surface area contributed by atoms with Gasteiger partial charge in [-0.05, 0) is 13.0 Å². The quantitative estimate of drug-likeness (QED) is 0.598. The van der Waals surface area contributed by atoms with Crippen LogP contribution in [-0.2, 0) is 15.5 Å². The Morgan fingerprint density at radius 3 is 2.62 bits per heavy atom. The molecular formula is C9H21NO2S. The van der Waals surface area contributed by atoms with Gasteiger partial charge in [0, 0.05) is 35.5 Å². The predicted molar refractivity (Wildman–Crippen MR) is 57.5 cm³/mol. The number of nitrogens with one attached hydrogen (secondary N) is 1. The van der Waals surface area contributed by atoms with Crippen LogP contribution in [0.5, 0.6) is 0 Å². The van der Waals surface area contributed by atoms with E-state index >= 15 is 0 Å². The first-order chi connectivity index (χ1) is 6.16. The highest BCUT2D eigenvalue weighted by Crippen LogP contribution is 1.88. The van der Waals surface area contributed by atoms with Crippen molar-refractivity contribution < 1.29 is 8.95 Å². The van der Waals surface area contributed by atoms with Crippen LogP contribution in [0.1, 0.15) is 20.3 Å². The molecule has 0 aromatic carbocycles. The first kappa shape index (κ1) is 13.1. The van der Waals surface area contributed by atoms with E-state index in [2.05, 4.69) is 19.2 Å². The third kappa shape index (κ3) is 9.99. The Hall–Kier alpha value is 0.0700. The van der Waals surface area contributed by atoms with Gasteiger partial charge in [-0.1, -0.05) is 13.8 Å². The largest absolute Gasteiger partial charge is 0.384 e. The fourth-order valence-electron chi connectivity index (χ4n) is 0.902. The van der Waals surface area contributed by atoms with Crippen molar-refractivity contribution in [3.05, 3.63) is 0 Å². The number of ether oxygens (including phenoxy) is 1. The van der Waals surface area contributed by atoms with Gasteiger partial charge in [0.05, 0.1) is 6.61 Å². The molecule has 0 amide bonds. The molecule has 0 spiro atoms. The lowest BCUT2D eigenvalue weighted by atomic mass is 10.4. The van der Waals surface area contributed by atoms with Crippen molar-refractivity contribution in [1.29, 1.82) is 0 Å². The highest BCUT2D eigenvalue weighted by atomic mass is 32.2. The molecule has 3 nitrogen and oxygen atoms in total. The van der Waals surface area contributed by atoms with Crippen LogP contribution in [0.15, 0.2) is 0 Å². The second-order valence-corrected chi connectivity index (χ2v) is 5.00. The SMILES string of the molecule is COCCS(=O)CCCNC(C)C. The van der Waals surface area contributed by atoms with E-state index in [1.165, 1.54) is 0 Å². The van der Waals surface area contributed by atoms with Crippen LogP contribution in [0.4, 0.5) is 0 Å². The zero-order valence-corrected chi connectivity index (χ0v) is 9.65. The van der Waals surface area contributed by atoms with E-state index in [0.717, 1.165) is 18.7 Å². The minimum atomic E-state index is -0.700. The van der Waals surface area contributed by atoms with Crippen molar-refractivity contribution >= 4 is 10.8 Å². The Morgan fingerprint density at radius 1 is 1.38 bits per heavy atom. The summed E-state index contributed by atoms with van der Waals surface area (Å²) >= 11 is 0. The Bertz CT molecular complexity index is 140. The van der Waals surface area contributed by atoms with Crippen LogP contribution in [0.3, 0.4) is 0 Å². The van der Waals surface area contributed by atoms with Crippen LogP contribution in [0, 0.1) is 0 Å². The van der Waals surface area contributed by atoms with Gasteiger partial charge in [0.25, 0.3) is 0 Å². The van der Waals surface area contributed by atoms with Gasteiger partial charge in [-0.2, -0.15) is 0 Å². The van der Waals surface area contributed by atoms with Crippen LogP contribution in [-0.4, -0.2) is 42.0 Å². The molecule has 0 bridgehead atoms. The van der Waals surface area contributed by atoms with Gasteiger partial charge in [-0.3, -0.25) is 4.21 Å². The molecule has 0 aliphatic rings. The maximum absolute atomic E-state index is 11.2. The third-order valence-corrected chi connectivity index (χ3v) is 2.98.